The number of benzene rings is 2. The predicted molar refractivity (Wildman–Crippen MR) is 129 cm³/mol. The van der Waals surface area contributed by atoms with Crippen molar-refractivity contribution in [2.45, 2.75) is 0 Å². The molecule has 4 aromatic rings. The Morgan fingerprint density at radius 1 is 0.778 bits per heavy atom. The summed E-state index contributed by atoms with van der Waals surface area (Å²) in [6.45, 7) is 0. The number of carbonyl (C=O) groups is 3. The molecule has 2 amide bonds. The molecule has 0 saturated carbocycles. The second-order valence-corrected chi connectivity index (χ2v) is 7.45. The number of ether oxygens (including phenoxy) is 1. The van der Waals surface area contributed by atoms with E-state index in [4.69, 9.17) is 4.74 Å². The van der Waals surface area contributed by atoms with Crippen LogP contribution in [0.25, 0.3) is 0 Å². The fraction of sp³-hybridized carbons (Fsp3) is 0.0385. The van der Waals surface area contributed by atoms with Crippen molar-refractivity contribution in [3.8, 4) is 11.5 Å². The molecular formula is C26H19FN4O5. The second-order valence-electron chi connectivity index (χ2n) is 7.45. The SMILES string of the molecule is COc1ccc(O)c(C(=O)c2ccc(C(=O)Nc3ccncc3NC(=O)c3ccncc3)cc2)c1F. The Kier molecular flexibility index (Phi) is 6.96. The number of methoxy groups -OCH3 is 1. The number of ketones is 1. The Bertz CT molecular complexity index is 1440. The molecule has 0 atom stereocenters. The van der Waals surface area contributed by atoms with Crippen LogP contribution in [0.4, 0.5) is 15.8 Å². The first-order valence-corrected chi connectivity index (χ1v) is 10.6. The third-order valence-electron chi connectivity index (χ3n) is 5.20. The molecule has 0 bridgehead atoms. The Balaban J connectivity index is 1.51. The zero-order valence-corrected chi connectivity index (χ0v) is 18.9. The largest absolute Gasteiger partial charge is 0.507 e. The molecule has 0 aliphatic rings. The highest BCUT2D eigenvalue weighted by atomic mass is 19.1. The number of hydrogen-bond donors (Lipinski definition) is 3. The van der Waals surface area contributed by atoms with Crippen molar-refractivity contribution in [1.82, 2.24) is 9.97 Å². The molecule has 9 nitrogen and oxygen atoms in total. The van der Waals surface area contributed by atoms with E-state index in [2.05, 4.69) is 20.6 Å². The highest BCUT2D eigenvalue weighted by Gasteiger charge is 2.22. The molecule has 0 fully saturated rings. The molecule has 36 heavy (non-hydrogen) atoms. The summed E-state index contributed by atoms with van der Waals surface area (Å²) in [4.78, 5) is 45.9. The third-order valence-corrected chi connectivity index (χ3v) is 5.20. The van der Waals surface area contributed by atoms with E-state index in [1.807, 2.05) is 0 Å². The van der Waals surface area contributed by atoms with Crippen LogP contribution in [0.15, 0.2) is 79.4 Å². The van der Waals surface area contributed by atoms with Crippen molar-refractivity contribution in [2.24, 2.45) is 0 Å². The molecule has 0 aliphatic heterocycles. The van der Waals surface area contributed by atoms with Gasteiger partial charge in [-0.05, 0) is 42.5 Å². The molecule has 2 aromatic carbocycles. The molecule has 180 valence electrons. The summed E-state index contributed by atoms with van der Waals surface area (Å²) in [5, 5.41) is 15.4. The van der Waals surface area contributed by atoms with Crippen molar-refractivity contribution in [2.75, 3.05) is 17.7 Å². The number of aromatic hydroxyl groups is 1. The van der Waals surface area contributed by atoms with Crippen LogP contribution in [-0.4, -0.2) is 39.8 Å². The van der Waals surface area contributed by atoms with Crippen molar-refractivity contribution < 1.29 is 28.6 Å². The van der Waals surface area contributed by atoms with Crippen LogP contribution in [0.2, 0.25) is 0 Å². The summed E-state index contributed by atoms with van der Waals surface area (Å²) in [6, 6.07) is 12.4. The van der Waals surface area contributed by atoms with Gasteiger partial charge in [-0.3, -0.25) is 24.4 Å². The normalized spacial score (nSPS) is 10.4. The number of hydrogen-bond acceptors (Lipinski definition) is 7. The number of rotatable bonds is 7. The van der Waals surface area contributed by atoms with Crippen LogP contribution in [0.3, 0.4) is 0 Å². The van der Waals surface area contributed by atoms with Gasteiger partial charge >= 0.3 is 0 Å². The quantitative estimate of drug-likeness (QED) is 0.336. The number of amides is 2. The fourth-order valence-electron chi connectivity index (χ4n) is 3.33. The van der Waals surface area contributed by atoms with Gasteiger partial charge in [0.2, 0.25) is 0 Å². The number of carbonyl (C=O) groups excluding carboxylic acids is 3. The van der Waals surface area contributed by atoms with Crippen LogP contribution in [0.5, 0.6) is 11.5 Å². The molecule has 0 aliphatic carbocycles. The van der Waals surface area contributed by atoms with E-state index >= 15 is 0 Å². The number of phenols is 1. The van der Waals surface area contributed by atoms with E-state index in [0.717, 1.165) is 6.07 Å². The van der Waals surface area contributed by atoms with E-state index in [0.29, 0.717) is 11.3 Å². The summed E-state index contributed by atoms with van der Waals surface area (Å²) in [6.07, 6.45) is 5.82. The fourth-order valence-corrected chi connectivity index (χ4v) is 3.33. The smallest absolute Gasteiger partial charge is 0.255 e. The lowest BCUT2D eigenvalue weighted by Gasteiger charge is -2.12. The maximum Gasteiger partial charge on any atom is 0.255 e. The number of halogens is 1. The average molecular weight is 486 g/mol. The Labute approximate surface area is 204 Å². The van der Waals surface area contributed by atoms with Crippen LogP contribution in [0, 0.1) is 5.82 Å². The first-order valence-electron chi connectivity index (χ1n) is 10.6. The number of aromatic nitrogens is 2. The lowest BCUT2D eigenvalue weighted by molar-refractivity contribution is 0.101. The van der Waals surface area contributed by atoms with Crippen molar-refractivity contribution in [3.63, 3.8) is 0 Å². The molecule has 0 spiro atoms. The molecule has 0 saturated heterocycles. The van der Waals surface area contributed by atoms with Crippen LogP contribution in [0.1, 0.15) is 36.6 Å². The highest BCUT2D eigenvalue weighted by molar-refractivity contribution is 6.12. The number of phenolic OH excluding ortho intramolecular Hbond substituents is 1. The van der Waals surface area contributed by atoms with Crippen LogP contribution in [-0.2, 0) is 0 Å². The van der Waals surface area contributed by atoms with E-state index in [1.54, 1.807) is 12.1 Å². The van der Waals surface area contributed by atoms with E-state index in [9.17, 15) is 23.9 Å². The summed E-state index contributed by atoms with van der Waals surface area (Å²) in [5.41, 5.74) is 0.695. The number of anilines is 2. The Morgan fingerprint density at radius 3 is 2.03 bits per heavy atom. The topological polar surface area (TPSA) is 131 Å². The van der Waals surface area contributed by atoms with Crippen LogP contribution < -0.4 is 15.4 Å². The third kappa shape index (κ3) is 5.02. The lowest BCUT2D eigenvalue weighted by atomic mass is 10.00. The molecule has 4 rings (SSSR count). The van der Waals surface area contributed by atoms with Gasteiger partial charge in [-0.25, -0.2) is 4.39 Å². The number of pyridine rings is 2. The minimum absolute atomic E-state index is 0.0585. The number of nitrogens with zero attached hydrogens (tertiary/aromatic N) is 2. The van der Waals surface area contributed by atoms with Gasteiger partial charge < -0.3 is 20.5 Å². The van der Waals surface area contributed by atoms with Crippen molar-refractivity contribution in [1.29, 1.82) is 0 Å². The molecule has 3 N–H and O–H groups in total. The Morgan fingerprint density at radius 2 is 1.36 bits per heavy atom. The first-order chi connectivity index (χ1) is 17.4. The predicted octanol–water partition coefficient (Wildman–Crippen LogP) is 4.07. The second kappa shape index (κ2) is 10.4. The summed E-state index contributed by atoms with van der Waals surface area (Å²) in [7, 11) is 1.25. The van der Waals surface area contributed by atoms with E-state index in [-0.39, 0.29) is 22.6 Å². The zero-order valence-electron chi connectivity index (χ0n) is 18.9. The number of nitrogens with one attached hydrogen (secondary N) is 2. The van der Waals surface area contributed by atoms with Gasteiger partial charge in [-0.2, -0.15) is 0 Å². The van der Waals surface area contributed by atoms with Crippen molar-refractivity contribution >= 4 is 29.0 Å². The van der Waals surface area contributed by atoms with Crippen molar-refractivity contribution in [3.05, 3.63) is 107 Å². The zero-order chi connectivity index (χ0) is 25.7. The summed E-state index contributed by atoms with van der Waals surface area (Å²) in [5.74, 6) is -3.39. The first kappa shape index (κ1) is 24.0. The maximum atomic E-state index is 14.5. The average Bonchev–Trinajstić information content (AvgIpc) is 2.90. The molecule has 2 aromatic heterocycles. The minimum atomic E-state index is -0.983. The minimum Gasteiger partial charge on any atom is -0.507 e. The van der Waals surface area contributed by atoms with E-state index < -0.39 is 34.7 Å². The van der Waals surface area contributed by atoms with Crippen LogP contribution >= 0.6 is 0 Å². The highest BCUT2D eigenvalue weighted by Crippen LogP contribution is 2.30. The van der Waals surface area contributed by atoms with Gasteiger partial charge in [0.25, 0.3) is 11.8 Å². The van der Waals surface area contributed by atoms with Gasteiger partial charge in [0.1, 0.15) is 11.3 Å². The lowest BCUT2D eigenvalue weighted by Crippen LogP contribution is -2.17. The molecular weight excluding hydrogens is 467 g/mol. The van der Waals surface area contributed by atoms with Gasteiger partial charge in [0.15, 0.2) is 17.3 Å². The summed E-state index contributed by atoms with van der Waals surface area (Å²) < 4.78 is 19.4. The van der Waals surface area contributed by atoms with Gasteiger partial charge in [0, 0.05) is 35.3 Å². The molecule has 0 unspecified atom stereocenters. The molecule has 0 radical (unpaired) electrons. The monoisotopic (exact) mass is 486 g/mol. The standard InChI is InChI=1S/C26H19FN4O5/c1-36-21-7-6-20(32)22(23(21)27)24(33)15-2-4-16(5-3-15)25(34)30-18-10-13-29-14-19(18)31-26(35)17-8-11-28-12-9-17/h2-14,32H,1H3,(H,31,35)(H,29,30,34). The maximum absolute atomic E-state index is 14.5. The molecule has 10 heteroatoms. The van der Waals surface area contributed by atoms with Gasteiger partial charge in [0.05, 0.1) is 24.7 Å². The molecule has 2 heterocycles. The van der Waals surface area contributed by atoms with Gasteiger partial charge in [-0.1, -0.05) is 12.1 Å². The summed E-state index contributed by atoms with van der Waals surface area (Å²) >= 11 is 0. The van der Waals surface area contributed by atoms with Gasteiger partial charge in [-0.15, -0.1) is 0 Å². The van der Waals surface area contributed by atoms with E-state index in [1.165, 1.54) is 68.3 Å². The Hall–Kier alpha value is -5.12.